The van der Waals surface area contributed by atoms with E-state index in [1.807, 2.05) is 6.07 Å². The number of hydrogen-bond acceptors (Lipinski definition) is 1. The molecule has 0 saturated heterocycles. The van der Waals surface area contributed by atoms with Gasteiger partial charge in [-0.1, -0.05) is 0 Å². The number of fused-ring (bicyclic) bond motifs is 1. The summed E-state index contributed by atoms with van der Waals surface area (Å²) in [4.78, 5) is 5.35. The average molecular weight is 192 g/mol. The van der Waals surface area contributed by atoms with Crippen LogP contribution in [0, 0.1) is 12.7 Å². The Morgan fingerprint density at radius 1 is 1.36 bits per heavy atom. The van der Waals surface area contributed by atoms with Crippen molar-refractivity contribution < 1.29 is 9.23 Å². The van der Waals surface area contributed by atoms with Gasteiger partial charge in [0.25, 0.3) is 0 Å². The molecule has 2 nitrogen and oxygen atoms in total. The van der Waals surface area contributed by atoms with Crippen LogP contribution in [-0.2, 0) is 0 Å². The average Bonchev–Trinajstić information content (AvgIpc) is 2.57. The summed E-state index contributed by atoms with van der Waals surface area (Å²) in [6.07, 6.45) is 2.47. The zero-order chi connectivity index (χ0) is 9.97. The van der Waals surface area contributed by atoms with E-state index < -0.39 is 0 Å². The smallest absolute Gasteiger partial charge is 0.125 e. The molecule has 0 aliphatic heterocycles. The first-order chi connectivity index (χ1) is 6.81. The third-order valence-corrected chi connectivity index (χ3v) is 1.99. The van der Waals surface area contributed by atoms with Gasteiger partial charge in [0.15, 0.2) is 0 Å². The molecule has 1 radical (unpaired) electrons. The lowest BCUT2D eigenvalue weighted by molar-refractivity contribution is 0.124. The molecule has 0 saturated carbocycles. The normalized spacial score (nSPS) is 10.7. The molecule has 2 rings (SSSR count). The number of rotatable bonds is 3. The van der Waals surface area contributed by atoms with Gasteiger partial charge in [-0.25, -0.2) is 4.39 Å². The summed E-state index contributed by atoms with van der Waals surface area (Å²) in [6, 6.07) is 6.51. The van der Waals surface area contributed by atoms with Crippen molar-refractivity contribution in [2.24, 2.45) is 0 Å². The van der Waals surface area contributed by atoms with Gasteiger partial charge in [-0.2, -0.15) is 4.73 Å². The second-order valence-corrected chi connectivity index (χ2v) is 3.03. The molecule has 73 valence electrons. The largest absolute Gasteiger partial charge is 0.414 e. The van der Waals surface area contributed by atoms with Crippen molar-refractivity contribution in [3.8, 4) is 0 Å². The molecule has 0 spiro atoms. The summed E-state index contributed by atoms with van der Waals surface area (Å²) in [5.41, 5.74) is 0.749. The Morgan fingerprint density at radius 2 is 2.21 bits per heavy atom. The van der Waals surface area contributed by atoms with Gasteiger partial charge in [-0.15, -0.1) is 0 Å². The maximum absolute atomic E-state index is 12.9. The van der Waals surface area contributed by atoms with Crippen LogP contribution in [0.1, 0.15) is 6.42 Å². The van der Waals surface area contributed by atoms with Crippen LogP contribution < -0.4 is 4.84 Å². The minimum Gasteiger partial charge on any atom is -0.414 e. The Labute approximate surface area is 81.9 Å². The summed E-state index contributed by atoms with van der Waals surface area (Å²) < 4.78 is 14.5. The van der Waals surface area contributed by atoms with E-state index in [0.717, 1.165) is 10.9 Å². The van der Waals surface area contributed by atoms with E-state index in [1.165, 1.54) is 12.1 Å². The van der Waals surface area contributed by atoms with Crippen molar-refractivity contribution in [3.63, 3.8) is 0 Å². The van der Waals surface area contributed by atoms with E-state index in [4.69, 9.17) is 4.84 Å². The third-order valence-electron chi connectivity index (χ3n) is 1.99. The van der Waals surface area contributed by atoms with Gasteiger partial charge >= 0.3 is 0 Å². The van der Waals surface area contributed by atoms with Crippen LogP contribution >= 0.6 is 0 Å². The third kappa shape index (κ3) is 1.58. The lowest BCUT2D eigenvalue weighted by Crippen LogP contribution is -2.10. The van der Waals surface area contributed by atoms with E-state index in [1.54, 1.807) is 17.0 Å². The van der Waals surface area contributed by atoms with Gasteiger partial charge in [-0.3, -0.25) is 0 Å². The fourth-order valence-electron chi connectivity index (χ4n) is 1.35. The second kappa shape index (κ2) is 3.70. The molecule has 0 unspecified atom stereocenters. The summed E-state index contributed by atoms with van der Waals surface area (Å²) >= 11 is 0. The zero-order valence-electron chi connectivity index (χ0n) is 7.74. The highest BCUT2D eigenvalue weighted by molar-refractivity contribution is 5.79. The zero-order valence-corrected chi connectivity index (χ0v) is 7.74. The predicted octanol–water partition coefficient (Wildman–Crippen LogP) is 2.43. The van der Waals surface area contributed by atoms with Gasteiger partial charge in [0, 0.05) is 17.6 Å². The first-order valence-corrected chi connectivity index (χ1v) is 4.50. The molecule has 2 aromatic rings. The summed E-state index contributed by atoms with van der Waals surface area (Å²) in [5.74, 6) is -0.254. The Hall–Kier alpha value is -1.51. The van der Waals surface area contributed by atoms with Crippen LogP contribution in [-0.4, -0.2) is 11.3 Å². The highest BCUT2D eigenvalue weighted by Gasteiger charge is 2.02. The minimum absolute atomic E-state index is 0.254. The fraction of sp³-hybridized carbons (Fsp3) is 0.182. The van der Waals surface area contributed by atoms with Gasteiger partial charge < -0.3 is 4.84 Å². The quantitative estimate of drug-likeness (QED) is 0.728. The van der Waals surface area contributed by atoms with Crippen molar-refractivity contribution in [1.29, 1.82) is 0 Å². The molecular weight excluding hydrogens is 181 g/mol. The molecule has 0 aliphatic rings. The first kappa shape index (κ1) is 9.06. The highest BCUT2D eigenvalue weighted by atomic mass is 19.1. The molecule has 0 fully saturated rings. The van der Waals surface area contributed by atoms with Crippen molar-refractivity contribution in [1.82, 2.24) is 4.73 Å². The van der Waals surface area contributed by atoms with E-state index in [9.17, 15) is 4.39 Å². The highest BCUT2D eigenvalue weighted by Crippen LogP contribution is 2.15. The number of benzene rings is 1. The first-order valence-electron chi connectivity index (χ1n) is 4.50. The van der Waals surface area contributed by atoms with Crippen LogP contribution in [0.2, 0.25) is 0 Å². The Bertz CT molecular complexity index is 436. The molecule has 0 amide bonds. The Morgan fingerprint density at radius 3 is 3.00 bits per heavy atom. The van der Waals surface area contributed by atoms with Gasteiger partial charge in [0.1, 0.15) is 12.4 Å². The van der Waals surface area contributed by atoms with Crippen LogP contribution in [0.15, 0.2) is 30.5 Å². The molecule has 0 N–H and O–H groups in total. The summed E-state index contributed by atoms with van der Waals surface area (Å²) in [6.45, 7) is 4.20. The number of halogens is 1. The monoisotopic (exact) mass is 192 g/mol. The molecule has 1 aromatic carbocycles. The Kier molecular flexibility index (Phi) is 2.39. The summed E-state index contributed by atoms with van der Waals surface area (Å²) in [5, 5.41) is 0.968. The fourth-order valence-corrected chi connectivity index (χ4v) is 1.35. The topological polar surface area (TPSA) is 14.2 Å². The number of aromatic nitrogens is 1. The lowest BCUT2D eigenvalue weighted by atomic mass is 10.2. The maximum atomic E-state index is 12.9. The Balaban J connectivity index is 2.40. The lowest BCUT2D eigenvalue weighted by Gasteiger charge is -2.06. The van der Waals surface area contributed by atoms with Gasteiger partial charge in [0.2, 0.25) is 0 Å². The molecule has 0 bridgehead atoms. The van der Waals surface area contributed by atoms with E-state index >= 15 is 0 Å². The van der Waals surface area contributed by atoms with Crippen LogP contribution in [0.25, 0.3) is 10.9 Å². The number of nitrogens with zero attached hydrogens (tertiary/aromatic N) is 1. The standard InChI is InChI=1S/C11H11FNO/c1-2-7-14-13-6-5-9-3-4-10(12)8-11(9)13/h3-6,8H,1-2,7H2. The molecule has 14 heavy (non-hydrogen) atoms. The van der Waals surface area contributed by atoms with Crippen LogP contribution in [0.3, 0.4) is 0 Å². The van der Waals surface area contributed by atoms with Gasteiger partial charge in [-0.05, 0) is 31.5 Å². The van der Waals surface area contributed by atoms with Crippen molar-refractivity contribution in [2.75, 3.05) is 6.61 Å². The van der Waals surface area contributed by atoms with E-state index in [2.05, 4.69) is 6.92 Å². The maximum Gasteiger partial charge on any atom is 0.125 e. The van der Waals surface area contributed by atoms with E-state index in [0.29, 0.717) is 13.0 Å². The summed E-state index contributed by atoms with van der Waals surface area (Å²) in [7, 11) is 0. The SMILES string of the molecule is [CH2]CCOn1ccc2ccc(F)cc21. The molecule has 0 atom stereocenters. The number of hydrogen-bond donors (Lipinski definition) is 0. The molecule has 0 aliphatic carbocycles. The molecule has 1 aromatic heterocycles. The second-order valence-electron chi connectivity index (χ2n) is 3.03. The van der Waals surface area contributed by atoms with Crippen molar-refractivity contribution >= 4 is 10.9 Å². The van der Waals surface area contributed by atoms with Crippen molar-refractivity contribution in [2.45, 2.75) is 6.42 Å². The van der Waals surface area contributed by atoms with Crippen LogP contribution in [0.5, 0.6) is 0 Å². The molecule has 1 heterocycles. The molecular formula is C11H11FNO. The van der Waals surface area contributed by atoms with Crippen molar-refractivity contribution in [3.05, 3.63) is 43.2 Å². The van der Waals surface area contributed by atoms with E-state index in [-0.39, 0.29) is 5.82 Å². The van der Waals surface area contributed by atoms with Gasteiger partial charge in [0.05, 0.1) is 5.52 Å². The molecule has 3 heteroatoms. The van der Waals surface area contributed by atoms with Crippen LogP contribution in [0.4, 0.5) is 4.39 Å². The minimum atomic E-state index is -0.254. The predicted molar refractivity (Wildman–Crippen MR) is 53.3 cm³/mol.